The summed E-state index contributed by atoms with van der Waals surface area (Å²) >= 11 is 0. The monoisotopic (exact) mass is 233 g/mol. The highest BCUT2D eigenvalue weighted by Gasteiger charge is 2.17. The molecular weight excluding hydrogens is 218 g/mol. The minimum absolute atomic E-state index is 0.614. The van der Waals surface area contributed by atoms with Crippen molar-refractivity contribution in [3.63, 3.8) is 0 Å². The predicted molar refractivity (Wildman–Crippen MR) is 65.2 cm³/mol. The van der Waals surface area contributed by atoms with Gasteiger partial charge in [0.1, 0.15) is 6.34 Å². The summed E-state index contributed by atoms with van der Waals surface area (Å²) in [5, 5.41) is 1.99. The van der Waals surface area contributed by atoms with Crippen LogP contribution >= 0.6 is 0 Å². The molecule has 1 aromatic carbocycles. The second-order valence-electron chi connectivity index (χ2n) is 4.20. The highest BCUT2D eigenvalue weighted by atomic mass is 17.2. The van der Waals surface area contributed by atoms with E-state index in [1.54, 1.807) is 0 Å². The second kappa shape index (κ2) is 4.25. The molecule has 90 valence electrons. The van der Waals surface area contributed by atoms with E-state index in [2.05, 4.69) is 17.3 Å². The van der Waals surface area contributed by atoms with Crippen LogP contribution in [0, 0.1) is 6.92 Å². The predicted octanol–water partition coefficient (Wildman–Crippen LogP) is 1.53. The van der Waals surface area contributed by atoms with E-state index >= 15 is 0 Å². The van der Waals surface area contributed by atoms with Crippen LogP contribution in [0.4, 0.5) is 5.69 Å². The van der Waals surface area contributed by atoms with Gasteiger partial charge in [0.05, 0.1) is 25.4 Å². The van der Waals surface area contributed by atoms with Crippen molar-refractivity contribution in [2.45, 2.75) is 13.3 Å². The molecule has 0 spiro atoms. The molecule has 0 aliphatic carbocycles. The van der Waals surface area contributed by atoms with Gasteiger partial charge in [-0.15, -0.1) is 0 Å². The molecule has 0 fully saturated rings. The highest BCUT2D eigenvalue weighted by molar-refractivity contribution is 5.64. The van der Waals surface area contributed by atoms with Crippen molar-refractivity contribution >= 4 is 12.0 Å². The van der Waals surface area contributed by atoms with E-state index in [1.807, 2.05) is 23.5 Å². The van der Waals surface area contributed by atoms with E-state index in [0.717, 1.165) is 30.9 Å². The van der Waals surface area contributed by atoms with Crippen LogP contribution in [-0.2, 0) is 11.3 Å². The van der Waals surface area contributed by atoms with Gasteiger partial charge in [-0.2, -0.15) is 4.89 Å². The first-order valence-corrected chi connectivity index (χ1v) is 5.80. The maximum Gasteiger partial charge on any atom is 0.169 e. The third-order valence-corrected chi connectivity index (χ3v) is 3.09. The van der Waals surface area contributed by atoms with Crippen LogP contribution < -0.4 is 10.3 Å². The topological polar surface area (TPSA) is 46.1 Å². The molecule has 2 aliphatic heterocycles. The van der Waals surface area contributed by atoms with Crippen molar-refractivity contribution < 1.29 is 9.78 Å². The molecule has 0 atom stereocenters. The second-order valence-corrected chi connectivity index (χ2v) is 4.20. The Labute approximate surface area is 99.9 Å². The average Bonchev–Trinajstić information content (AvgIpc) is 2.86. The Bertz CT molecular complexity index is 459. The summed E-state index contributed by atoms with van der Waals surface area (Å²) in [5.41, 5.74) is 6.88. The molecule has 0 amide bonds. The molecule has 0 saturated carbocycles. The number of nitrogens with zero attached hydrogens (tertiary/aromatic N) is 2. The van der Waals surface area contributed by atoms with Crippen LogP contribution in [0.1, 0.15) is 11.1 Å². The molecule has 0 aromatic heterocycles. The van der Waals surface area contributed by atoms with Gasteiger partial charge in [-0.1, -0.05) is 0 Å². The summed E-state index contributed by atoms with van der Waals surface area (Å²) in [6.07, 6.45) is 2.73. The third-order valence-electron chi connectivity index (χ3n) is 3.09. The van der Waals surface area contributed by atoms with E-state index in [9.17, 15) is 0 Å². The lowest BCUT2D eigenvalue weighted by Crippen LogP contribution is -2.27. The van der Waals surface area contributed by atoms with Gasteiger partial charge in [-0.05, 0) is 24.6 Å². The molecule has 17 heavy (non-hydrogen) atoms. The van der Waals surface area contributed by atoms with Gasteiger partial charge in [-0.25, -0.2) is 0 Å². The fourth-order valence-corrected chi connectivity index (χ4v) is 2.11. The van der Waals surface area contributed by atoms with E-state index in [-0.39, 0.29) is 0 Å². The Hall–Kier alpha value is -1.75. The first kappa shape index (κ1) is 10.4. The minimum Gasteiger partial charge on any atom is -0.337 e. The standard InChI is InChI=1S/C12H15N3O2/c1-9-10-4-7-16-17-12(10)3-2-11(9)14-15-6-5-13-8-15/h2-3,8,14H,4-7H2,1H3. The van der Waals surface area contributed by atoms with E-state index in [0.29, 0.717) is 6.61 Å². The van der Waals surface area contributed by atoms with Gasteiger partial charge in [0, 0.05) is 12.0 Å². The van der Waals surface area contributed by atoms with E-state index < -0.39 is 0 Å². The molecule has 0 bridgehead atoms. The third kappa shape index (κ3) is 1.93. The molecule has 5 heteroatoms. The summed E-state index contributed by atoms with van der Waals surface area (Å²) in [5.74, 6) is 0.828. The summed E-state index contributed by atoms with van der Waals surface area (Å²) in [6, 6.07) is 3.95. The first-order chi connectivity index (χ1) is 8.34. The molecule has 0 unspecified atom stereocenters. The molecule has 1 aromatic rings. The van der Waals surface area contributed by atoms with Crippen LogP contribution in [0.25, 0.3) is 0 Å². The van der Waals surface area contributed by atoms with Crippen molar-refractivity contribution in [2.75, 3.05) is 25.1 Å². The van der Waals surface area contributed by atoms with Crippen LogP contribution in [0.15, 0.2) is 17.1 Å². The fourth-order valence-electron chi connectivity index (χ4n) is 2.11. The van der Waals surface area contributed by atoms with Crippen molar-refractivity contribution in [1.29, 1.82) is 0 Å². The Morgan fingerprint density at radius 1 is 1.41 bits per heavy atom. The Balaban J connectivity index is 1.87. The zero-order valence-electron chi connectivity index (χ0n) is 9.77. The van der Waals surface area contributed by atoms with E-state index in [1.165, 1.54) is 11.1 Å². The average molecular weight is 233 g/mol. The Morgan fingerprint density at radius 3 is 3.18 bits per heavy atom. The lowest BCUT2D eigenvalue weighted by molar-refractivity contribution is -0.215. The van der Waals surface area contributed by atoms with Crippen LogP contribution in [0.3, 0.4) is 0 Å². The molecular formula is C12H15N3O2. The van der Waals surface area contributed by atoms with Crippen LogP contribution in [0.2, 0.25) is 0 Å². The van der Waals surface area contributed by atoms with Gasteiger partial charge < -0.3 is 4.89 Å². The summed E-state index contributed by atoms with van der Waals surface area (Å²) in [6.45, 7) is 4.48. The number of fused-ring (bicyclic) bond motifs is 1. The van der Waals surface area contributed by atoms with Gasteiger partial charge in [-0.3, -0.25) is 15.4 Å². The number of hydrazine groups is 1. The minimum atomic E-state index is 0.614. The zero-order valence-corrected chi connectivity index (χ0v) is 9.77. The molecule has 0 radical (unpaired) electrons. The zero-order chi connectivity index (χ0) is 11.7. The van der Waals surface area contributed by atoms with Crippen molar-refractivity contribution in [3.8, 4) is 5.75 Å². The highest BCUT2D eigenvalue weighted by Crippen LogP contribution is 2.31. The van der Waals surface area contributed by atoms with Crippen molar-refractivity contribution in [2.24, 2.45) is 4.99 Å². The van der Waals surface area contributed by atoms with Crippen LogP contribution in [0.5, 0.6) is 5.75 Å². The van der Waals surface area contributed by atoms with Crippen LogP contribution in [-0.4, -0.2) is 31.0 Å². The number of hydrogen-bond acceptors (Lipinski definition) is 5. The van der Waals surface area contributed by atoms with Gasteiger partial charge in [0.2, 0.25) is 0 Å². The molecule has 3 rings (SSSR count). The number of anilines is 1. The summed E-state index contributed by atoms with van der Waals surface area (Å²) < 4.78 is 0. The summed E-state index contributed by atoms with van der Waals surface area (Å²) in [4.78, 5) is 14.3. The SMILES string of the molecule is Cc1c(NN2C=NCC2)ccc2c1CCOO2. The molecule has 5 nitrogen and oxygen atoms in total. The summed E-state index contributed by atoms with van der Waals surface area (Å²) in [7, 11) is 0. The lowest BCUT2D eigenvalue weighted by Gasteiger charge is -2.23. The fraction of sp³-hybridized carbons (Fsp3) is 0.417. The first-order valence-electron chi connectivity index (χ1n) is 5.80. The number of hydrogen-bond donors (Lipinski definition) is 1. The van der Waals surface area contributed by atoms with Gasteiger partial charge >= 0.3 is 0 Å². The smallest absolute Gasteiger partial charge is 0.169 e. The number of nitrogens with one attached hydrogen (secondary N) is 1. The van der Waals surface area contributed by atoms with E-state index in [4.69, 9.17) is 9.78 Å². The van der Waals surface area contributed by atoms with Crippen molar-refractivity contribution in [3.05, 3.63) is 23.3 Å². The maximum absolute atomic E-state index is 5.16. The largest absolute Gasteiger partial charge is 0.337 e. The van der Waals surface area contributed by atoms with Gasteiger partial charge in [0.25, 0.3) is 0 Å². The Morgan fingerprint density at radius 2 is 2.35 bits per heavy atom. The Kier molecular flexibility index (Phi) is 2.60. The quantitative estimate of drug-likeness (QED) is 0.787. The molecule has 2 heterocycles. The molecule has 1 N–H and O–H groups in total. The van der Waals surface area contributed by atoms with Crippen molar-refractivity contribution in [1.82, 2.24) is 5.01 Å². The number of benzene rings is 1. The number of rotatable bonds is 2. The molecule has 0 saturated heterocycles. The molecule has 2 aliphatic rings. The maximum atomic E-state index is 5.16. The normalized spacial score (nSPS) is 17.8. The lowest BCUT2D eigenvalue weighted by atomic mass is 10.0. The van der Waals surface area contributed by atoms with Gasteiger partial charge in [0.15, 0.2) is 5.75 Å². The number of aliphatic imine (C=N–C) groups is 1.